The summed E-state index contributed by atoms with van der Waals surface area (Å²) in [5.74, 6) is 0.206. The van der Waals surface area contributed by atoms with Gasteiger partial charge in [-0.1, -0.05) is 60.7 Å². The molecule has 3 heteroatoms. The second-order valence-corrected chi connectivity index (χ2v) is 5.83. The van der Waals surface area contributed by atoms with E-state index in [2.05, 4.69) is 29.3 Å². The van der Waals surface area contributed by atoms with Crippen molar-refractivity contribution >= 4 is 11.5 Å². The van der Waals surface area contributed by atoms with Crippen LogP contribution in [0.2, 0.25) is 0 Å². The first kappa shape index (κ1) is 16.9. The molecule has 0 radical (unpaired) electrons. The third kappa shape index (κ3) is 6.47. The first-order valence-corrected chi connectivity index (χ1v) is 8.00. The van der Waals surface area contributed by atoms with Gasteiger partial charge >= 0.3 is 0 Å². The minimum absolute atomic E-state index is 0.206. The van der Waals surface area contributed by atoms with Gasteiger partial charge in [0.2, 0.25) is 0 Å². The molecule has 120 valence electrons. The van der Waals surface area contributed by atoms with Crippen LogP contribution in [-0.2, 0) is 17.9 Å². The molecule has 2 aromatic carbocycles. The summed E-state index contributed by atoms with van der Waals surface area (Å²) in [6, 6.07) is 20.7. The maximum atomic E-state index is 11.1. The van der Waals surface area contributed by atoms with Gasteiger partial charge in [-0.15, -0.1) is 0 Å². The van der Waals surface area contributed by atoms with E-state index in [9.17, 15) is 4.79 Å². The van der Waals surface area contributed by atoms with Crippen molar-refractivity contribution in [3.8, 4) is 0 Å². The number of hydrazone groups is 1. The Morgan fingerprint density at radius 1 is 0.826 bits per heavy atom. The summed E-state index contributed by atoms with van der Waals surface area (Å²) in [5, 5.41) is 6.81. The Balaban J connectivity index is 2.10. The van der Waals surface area contributed by atoms with Crippen LogP contribution in [0.3, 0.4) is 0 Å². The maximum absolute atomic E-state index is 11.1. The molecule has 0 N–H and O–H groups in total. The zero-order valence-electron chi connectivity index (χ0n) is 13.9. The molecule has 3 nitrogen and oxygen atoms in total. The summed E-state index contributed by atoms with van der Waals surface area (Å²) in [6.07, 6.45) is 1.27. The Hall–Kier alpha value is -2.42. The Labute approximate surface area is 138 Å². The number of benzene rings is 2. The zero-order chi connectivity index (χ0) is 16.5. The van der Waals surface area contributed by atoms with Gasteiger partial charge < -0.3 is 4.79 Å². The lowest BCUT2D eigenvalue weighted by Gasteiger charge is -2.21. The molecule has 0 bridgehead atoms. The van der Waals surface area contributed by atoms with E-state index in [0.717, 1.165) is 25.2 Å². The van der Waals surface area contributed by atoms with Gasteiger partial charge in [0, 0.05) is 12.1 Å². The lowest BCUT2D eigenvalue weighted by atomic mass is 10.2. The number of carbonyl (C=O) groups is 1. The largest absolute Gasteiger partial charge is 0.300 e. The molecule has 0 heterocycles. The zero-order valence-corrected chi connectivity index (χ0v) is 13.9. The van der Waals surface area contributed by atoms with E-state index in [1.165, 1.54) is 11.1 Å². The van der Waals surface area contributed by atoms with Crippen molar-refractivity contribution < 1.29 is 4.79 Å². The number of rotatable bonds is 8. The fourth-order valence-corrected chi connectivity index (χ4v) is 2.36. The average Bonchev–Trinajstić information content (AvgIpc) is 2.55. The third-order valence-corrected chi connectivity index (χ3v) is 3.57. The molecule has 0 saturated carbocycles. The van der Waals surface area contributed by atoms with Crippen molar-refractivity contribution in [2.24, 2.45) is 5.10 Å². The summed E-state index contributed by atoms with van der Waals surface area (Å²) in [7, 11) is 0. The molecule has 2 rings (SSSR count). The van der Waals surface area contributed by atoms with Crippen LogP contribution in [0.5, 0.6) is 0 Å². The molecule has 0 saturated heterocycles. The Morgan fingerprint density at radius 2 is 1.30 bits per heavy atom. The highest BCUT2D eigenvalue weighted by molar-refractivity contribution is 5.86. The number of hydrogen-bond donors (Lipinski definition) is 0. The summed E-state index contributed by atoms with van der Waals surface area (Å²) in [5.41, 5.74) is 3.45. The first-order chi connectivity index (χ1) is 11.1. The molecule has 23 heavy (non-hydrogen) atoms. The van der Waals surface area contributed by atoms with Crippen LogP contribution in [0.25, 0.3) is 0 Å². The molecule has 0 spiro atoms. The first-order valence-electron chi connectivity index (χ1n) is 8.00. The van der Waals surface area contributed by atoms with Crippen LogP contribution in [0.4, 0.5) is 0 Å². The van der Waals surface area contributed by atoms with Gasteiger partial charge in [0.05, 0.1) is 13.1 Å². The number of Topliss-reactive ketones (excluding diaryl/α,β-unsaturated/α-hetero) is 1. The summed E-state index contributed by atoms with van der Waals surface area (Å²) >= 11 is 0. The topological polar surface area (TPSA) is 32.7 Å². The van der Waals surface area contributed by atoms with Gasteiger partial charge in [0.15, 0.2) is 0 Å². The van der Waals surface area contributed by atoms with E-state index in [1.54, 1.807) is 6.92 Å². The predicted octanol–water partition coefficient (Wildman–Crippen LogP) is 4.43. The molecule has 0 aromatic heterocycles. The van der Waals surface area contributed by atoms with Crippen molar-refractivity contribution in [3.05, 3.63) is 71.8 Å². The second kappa shape index (κ2) is 8.89. The van der Waals surface area contributed by atoms with E-state index in [-0.39, 0.29) is 5.78 Å². The van der Waals surface area contributed by atoms with Crippen LogP contribution in [0.15, 0.2) is 65.8 Å². The Morgan fingerprint density at radius 3 is 1.74 bits per heavy atom. The van der Waals surface area contributed by atoms with E-state index in [0.29, 0.717) is 6.42 Å². The van der Waals surface area contributed by atoms with Gasteiger partial charge in [-0.2, -0.15) is 5.10 Å². The standard InChI is InChI=1S/C20H24N2O/c1-17(13-14-18(2)23)21-22(15-19-9-5-3-6-10-19)16-20-11-7-4-8-12-20/h3-12H,13-16H2,1-2H3/b21-17+. The van der Waals surface area contributed by atoms with Crippen molar-refractivity contribution in [3.63, 3.8) is 0 Å². The highest BCUT2D eigenvalue weighted by atomic mass is 16.1. The molecule has 0 unspecified atom stereocenters. The molecule has 0 fully saturated rings. The van der Waals surface area contributed by atoms with E-state index in [4.69, 9.17) is 5.10 Å². The van der Waals surface area contributed by atoms with E-state index < -0.39 is 0 Å². The summed E-state index contributed by atoms with van der Waals surface area (Å²) in [6.45, 7) is 5.13. The third-order valence-electron chi connectivity index (χ3n) is 3.57. The minimum Gasteiger partial charge on any atom is -0.300 e. The average molecular weight is 308 g/mol. The monoisotopic (exact) mass is 308 g/mol. The van der Waals surface area contributed by atoms with Crippen molar-refractivity contribution in [2.45, 2.75) is 39.8 Å². The number of nitrogens with zero attached hydrogens (tertiary/aromatic N) is 2. The van der Waals surface area contributed by atoms with Gasteiger partial charge in [-0.3, -0.25) is 5.01 Å². The quantitative estimate of drug-likeness (QED) is 0.533. The molecular formula is C20H24N2O. The van der Waals surface area contributed by atoms with Gasteiger partial charge in [-0.25, -0.2) is 0 Å². The summed E-state index contributed by atoms with van der Waals surface area (Å²) < 4.78 is 0. The molecule has 2 aromatic rings. The highest BCUT2D eigenvalue weighted by Gasteiger charge is 2.06. The van der Waals surface area contributed by atoms with Gasteiger partial charge in [-0.05, 0) is 31.4 Å². The highest BCUT2D eigenvalue weighted by Crippen LogP contribution is 2.11. The van der Waals surface area contributed by atoms with Crippen molar-refractivity contribution in [1.29, 1.82) is 0 Å². The molecule has 0 aliphatic rings. The van der Waals surface area contributed by atoms with Crippen molar-refractivity contribution in [2.75, 3.05) is 0 Å². The van der Waals surface area contributed by atoms with Crippen LogP contribution < -0.4 is 0 Å². The Bertz CT molecular complexity index is 594. The molecule has 0 atom stereocenters. The second-order valence-electron chi connectivity index (χ2n) is 5.83. The number of ketones is 1. The summed E-state index contributed by atoms with van der Waals surface area (Å²) in [4.78, 5) is 11.1. The smallest absolute Gasteiger partial charge is 0.130 e. The maximum Gasteiger partial charge on any atom is 0.130 e. The normalized spacial score (nSPS) is 11.3. The fraction of sp³-hybridized carbons (Fsp3) is 0.300. The van der Waals surface area contributed by atoms with Crippen LogP contribution in [0, 0.1) is 0 Å². The fourth-order valence-electron chi connectivity index (χ4n) is 2.36. The number of carbonyl (C=O) groups excluding carboxylic acids is 1. The van der Waals surface area contributed by atoms with E-state index >= 15 is 0 Å². The van der Waals surface area contributed by atoms with E-state index in [1.807, 2.05) is 43.3 Å². The molecular weight excluding hydrogens is 284 g/mol. The number of hydrogen-bond acceptors (Lipinski definition) is 3. The predicted molar refractivity (Wildman–Crippen MR) is 95.2 cm³/mol. The Kier molecular flexibility index (Phi) is 6.55. The van der Waals surface area contributed by atoms with Crippen LogP contribution in [0.1, 0.15) is 37.8 Å². The lowest BCUT2D eigenvalue weighted by molar-refractivity contribution is -0.116. The van der Waals surface area contributed by atoms with Crippen LogP contribution >= 0.6 is 0 Å². The molecule has 0 aliphatic carbocycles. The van der Waals surface area contributed by atoms with Crippen molar-refractivity contribution in [1.82, 2.24) is 5.01 Å². The van der Waals surface area contributed by atoms with Gasteiger partial charge in [0.1, 0.15) is 5.78 Å². The van der Waals surface area contributed by atoms with Crippen LogP contribution in [-0.4, -0.2) is 16.5 Å². The molecule has 0 amide bonds. The minimum atomic E-state index is 0.206. The van der Waals surface area contributed by atoms with Gasteiger partial charge in [0.25, 0.3) is 0 Å². The molecule has 0 aliphatic heterocycles. The SMILES string of the molecule is CC(=O)CC/C(C)=N/N(Cc1ccccc1)Cc1ccccc1. The lowest BCUT2D eigenvalue weighted by Crippen LogP contribution is -2.18.